The number of rotatable bonds is 8. The molecule has 2 aromatic carbocycles. The zero-order valence-corrected chi connectivity index (χ0v) is 19.2. The monoisotopic (exact) mass is 459 g/mol. The Hall–Kier alpha value is -2.91. The molecule has 1 aliphatic heterocycles. The predicted molar refractivity (Wildman–Crippen MR) is 122 cm³/mol. The number of nitrogens with zero attached hydrogens (tertiary/aromatic N) is 1. The van der Waals surface area contributed by atoms with Crippen LogP contribution in [0.4, 0.5) is 5.69 Å². The van der Waals surface area contributed by atoms with Crippen molar-refractivity contribution in [3.05, 3.63) is 54.1 Å². The number of carbonyl (C=O) groups excluding carboxylic acids is 2. The number of ether oxygens (including phenoxy) is 1. The van der Waals surface area contributed by atoms with E-state index >= 15 is 0 Å². The molecule has 32 heavy (non-hydrogen) atoms. The number of hydrogen-bond donors (Lipinski definition) is 2. The minimum absolute atomic E-state index is 0.0516. The second-order valence-electron chi connectivity index (χ2n) is 7.74. The van der Waals surface area contributed by atoms with Crippen LogP contribution in [0.3, 0.4) is 0 Å². The fraction of sp³-hybridized carbons (Fsp3) is 0.391. The maximum Gasteiger partial charge on any atom is 0.245 e. The minimum Gasteiger partial charge on any atom is -0.497 e. The summed E-state index contributed by atoms with van der Waals surface area (Å²) in [6, 6.07) is 12.9. The highest BCUT2D eigenvalue weighted by Gasteiger charge is 2.29. The zero-order chi connectivity index (χ0) is 23.1. The van der Waals surface area contributed by atoms with E-state index in [1.807, 2.05) is 0 Å². The Labute approximate surface area is 189 Å². The van der Waals surface area contributed by atoms with Crippen molar-refractivity contribution in [1.29, 1.82) is 0 Å². The molecule has 3 rings (SSSR count). The Morgan fingerprint density at radius 3 is 2.31 bits per heavy atom. The van der Waals surface area contributed by atoms with Gasteiger partial charge in [-0.2, -0.15) is 4.31 Å². The molecule has 0 aliphatic carbocycles. The fourth-order valence-corrected chi connectivity index (χ4v) is 5.42. The molecule has 1 unspecified atom stereocenters. The molecular weight excluding hydrogens is 430 g/mol. The first-order chi connectivity index (χ1) is 15.3. The van der Waals surface area contributed by atoms with Crippen LogP contribution in [0.2, 0.25) is 0 Å². The number of benzene rings is 2. The summed E-state index contributed by atoms with van der Waals surface area (Å²) in [4.78, 5) is 24.6. The van der Waals surface area contributed by atoms with Crippen molar-refractivity contribution in [2.45, 2.75) is 43.5 Å². The molecule has 8 nitrogen and oxygen atoms in total. The SMILES string of the molecule is COc1ccc(C(CC(=O)Nc2ccccc2S(=O)(=O)N2CCCCC2)NC(C)=O)cc1. The second-order valence-corrected chi connectivity index (χ2v) is 9.65. The number of piperidine rings is 1. The summed E-state index contributed by atoms with van der Waals surface area (Å²) in [6.07, 6.45) is 2.62. The maximum absolute atomic E-state index is 13.1. The number of methoxy groups -OCH3 is 1. The van der Waals surface area contributed by atoms with E-state index in [1.165, 1.54) is 17.3 Å². The highest BCUT2D eigenvalue weighted by molar-refractivity contribution is 7.89. The topological polar surface area (TPSA) is 105 Å². The molecule has 0 spiro atoms. The fourth-order valence-electron chi connectivity index (χ4n) is 3.76. The number of hydrogen-bond acceptors (Lipinski definition) is 5. The molecule has 9 heteroatoms. The summed E-state index contributed by atoms with van der Waals surface area (Å²) in [6.45, 7) is 2.34. The third-order valence-corrected chi connectivity index (χ3v) is 7.34. The van der Waals surface area contributed by atoms with Gasteiger partial charge in [-0.15, -0.1) is 0 Å². The van der Waals surface area contributed by atoms with Gasteiger partial charge in [-0.3, -0.25) is 9.59 Å². The van der Waals surface area contributed by atoms with Crippen molar-refractivity contribution < 1.29 is 22.7 Å². The summed E-state index contributed by atoms with van der Waals surface area (Å²) in [5.41, 5.74) is 0.977. The molecule has 1 aliphatic rings. The molecular formula is C23H29N3O5S. The molecule has 0 saturated carbocycles. The minimum atomic E-state index is -3.71. The van der Waals surface area contributed by atoms with Crippen LogP contribution in [0.25, 0.3) is 0 Å². The van der Waals surface area contributed by atoms with Gasteiger partial charge in [-0.1, -0.05) is 30.7 Å². The number of nitrogens with one attached hydrogen (secondary N) is 2. The van der Waals surface area contributed by atoms with Crippen LogP contribution in [0.5, 0.6) is 5.75 Å². The van der Waals surface area contributed by atoms with Gasteiger partial charge in [0, 0.05) is 20.0 Å². The number of anilines is 1. The molecule has 0 bridgehead atoms. The van der Waals surface area contributed by atoms with Gasteiger partial charge < -0.3 is 15.4 Å². The first-order valence-electron chi connectivity index (χ1n) is 10.6. The lowest BCUT2D eigenvalue weighted by molar-refractivity contribution is -0.120. The van der Waals surface area contributed by atoms with E-state index in [4.69, 9.17) is 4.74 Å². The van der Waals surface area contributed by atoms with Crippen molar-refractivity contribution in [2.75, 3.05) is 25.5 Å². The first kappa shape index (κ1) is 23.7. The molecule has 2 amide bonds. The van der Waals surface area contributed by atoms with Crippen LogP contribution in [-0.2, 0) is 19.6 Å². The van der Waals surface area contributed by atoms with Crippen LogP contribution in [-0.4, -0.2) is 44.7 Å². The standard InChI is InChI=1S/C23H29N3O5S/c1-17(27)24-21(18-10-12-19(31-2)13-11-18)16-23(28)25-20-8-4-5-9-22(20)32(29,30)26-14-6-3-7-15-26/h4-5,8-13,21H,3,6-7,14-16H2,1-2H3,(H,24,27)(H,25,28). The Balaban J connectivity index is 1.79. The van der Waals surface area contributed by atoms with Crippen LogP contribution >= 0.6 is 0 Å². The van der Waals surface area contributed by atoms with Crippen molar-refractivity contribution >= 4 is 27.5 Å². The number of para-hydroxylation sites is 1. The highest BCUT2D eigenvalue weighted by atomic mass is 32.2. The van der Waals surface area contributed by atoms with Crippen molar-refractivity contribution in [3.63, 3.8) is 0 Å². The lowest BCUT2D eigenvalue weighted by Crippen LogP contribution is -2.36. The van der Waals surface area contributed by atoms with Gasteiger partial charge in [0.05, 0.1) is 25.3 Å². The molecule has 1 heterocycles. The number of carbonyl (C=O) groups is 2. The van der Waals surface area contributed by atoms with Gasteiger partial charge >= 0.3 is 0 Å². The van der Waals surface area contributed by atoms with Crippen molar-refractivity contribution in [3.8, 4) is 5.75 Å². The van der Waals surface area contributed by atoms with E-state index in [0.29, 0.717) is 18.8 Å². The number of amides is 2. The molecule has 1 fully saturated rings. The molecule has 0 radical (unpaired) electrons. The largest absolute Gasteiger partial charge is 0.497 e. The van der Waals surface area contributed by atoms with Crippen LogP contribution in [0, 0.1) is 0 Å². The maximum atomic E-state index is 13.1. The summed E-state index contributed by atoms with van der Waals surface area (Å²) >= 11 is 0. The molecule has 2 aromatic rings. The molecule has 1 atom stereocenters. The normalized spacial score (nSPS) is 15.6. The first-order valence-corrected chi connectivity index (χ1v) is 12.1. The third kappa shape index (κ3) is 5.86. The smallest absolute Gasteiger partial charge is 0.245 e. The summed E-state index contributed by atoms with van der Waals surface area (Å²) in [7, 11) is -2.15. The lowest BCUT2D eigenvalue weighted by Gasteiger charge is -2.27. The van der Waals surface area contributed by atoms with Gasteiger partial charge in [-0.05, 0) is 42.7 Å². The van der Waals surface area contributed by atoms with Gasteiger partial charge in [-0.25, -0.2) is 8.42 Å². The lowest BCUT2D eigenvalue weighted by atomic mass is 10.0. The van der Waals surface area contributed by atoms with E-state index in [0.717, 1.165) is 24.8 Å². The van der Waals surface area contributed by atoms with E-state index in [2.05, 4.69) is 10.6 Å². The average molecular weight is 460 g/mol. The van der Waals surface area contributed by atoms with Gasteiger partial charge in [0.2, 0.25) is 21.8 Å². The van der Waals surface area contributed by atoms with Gasteiger partial charge in [0.1, 0.15) is 10.6 Å². The van der Waals surface area contributed by atoms with Gasteiger partial charge in [0.25, 0.3) is 0 Å². The molecule has 0 aromatic heterocycles. The van der Waals surface area contributed by atoms with E-state index < -0.39 is 22.0 Å². The van der Waals surface area contributed by atoms with Crippen LogP contribution in [0.15, 0.2) is 53.4 Å². The average Bonchev–Trinajstić information content (AvgIpc) is 2.79. The second kappa shape index (κ2) is 10.6. The molecule has 2 N–H and O–H groups in total. The quantitative estimate of drug-likeness (QED) is 0.631. The molecule has 172 valence electrons. The van der Waals surface area contributed by atoms with E-state index in [9.17, 15) is 18.0 Å². The Bertz CT molecular complexity index is 1050. The van der Waals surface area contributed by atoms with Crippen LogP contribution in [0.1, 0.15) is 44.2 Å². The van der Waals surface area contributed by atoms with Crippen molar-refractivity contribution in [1.82, 2.24) is 9.62 Å². The summed E-state index contributed by atoms with van der Waals surface area (Å²) in [5.74, 6) is -0.0100. The predicted octanol–water partition coefficient (Wildman–Crippen LogP) is 3.08. The Morgan fingerprint density at radius 1 is 1.03 bits per heavy atom. The highest BCUT2D eigenvalue weighted by Crippen LogP contribution is 2.28. The zero-order valence-electron chi connectivity index (χ0n) is 18.3. The summed E-state index contributed by atoms with van der Waals surface area (Å²) in [5, 5.41) is 5.51. The Morgan fingerprint density at radius 2 is 1.69 bits per heavy atom. The number of sulfonamides is 1. The van der Waals surface area contributed by atoms with E-state index in [-0.39, 0.29) is 22.9 Å². The Kier molecular flexibility index (Phi) is 7.87. The van der Waals surface area contributed by atoms with Gasteiger partial charge in [0.15, 0.2) is 0 Å². The third-order valence-electron chi connectivity index (χ3n) is 5.38. The summed E-state index contributed by atoms with van der Waals surface area (Å²) < 4.78 is 32.9. The van der Waals surface area contributed by atoms with Crippen molar-refractivity contribution in [2.24, 2.45) is 0 Å². The van der Waals surface area contributed by atoms with Crippen LogP contribution < -0.4 is 15.4 Å². The molecule has 1 saturated heterocycles. The van der Waals surface area contributed by atoms with E-state index in [1.54, 1.807) is 49.6 Å².